The molecule has 0 saturated carbocycles. The molecular weight excluding hydrogens is 216 g/mol. The van der Waals surface area contributed by atoms with Crippen LogP contribution in [0.3, 0.4) is 0 Å². The van der Waals surface area contributed by atoms with Gasteiger partial charge < -0.3 is 10.6 Å². The van der Waals surface area contributed by atoms with Gasteiger partial charge >= 0.3 is 0 Å². The number of nitrogens with one attached hydrogen (secondary N) is 2. The van der Waals surface area contributed by atoms with E-state index in [4.69, 9.17) is 0 Å². The summed E-state index contributed by atoms with van der Waals surface area (Å²) < 4.78 is 1.92. The van der Waals surface area contributed by atoms with Crippen molar-refractivity contribution in [3.05, 3.63) is 17.5 Å². The number of hydrogen-bond donors (Lipinski definition) is 2. The molecular formula is C12H20N4O. The fourth-order valence-corrected chi connectivity index (χ4v) is 2.07. The van der Waals surface area contributed by atoms with E-state index in [9.17, 15) is 4.79 Å². The predicted molar refractivity (Wildman–Crippen MR) is 65.5 cm³/mol. The van der Waals surface area contributed by atoms with Crippen molar-refractivity contribution >= 4 is 5.91 Å². The molecule has 0 aromatic carbocycles. The van der Waals surface area contributed by atoms with Crippen molar-refractivity contribution in [2.45, 2.75) is 38.8 Å². The molecule has 0 bridgehead atoms. The number of piperidine rings is 1. The zero-order valence-corrected chi connectivity index (χ0v) is 10.5. The number of carbonyl (C=O) groups excluding carboxylic acids is 1. The Kier molecular flexibility index (Phi) is 3.78. The van der Waals surface area contributed by atoms with Gasteiger partial charge in [-0.05, 0) is 18.9 Å². The molecule has 1 aliphatic heterocycles. The standard InChI is InChI=1S/C12H20N4O/c1-3-9-6-11(16(2)15-9)8-13-10-4-5-12(17)14-7-10/h6,10,13H,3-5,7-8H2,1-2H3,(H,14,17). The first kappa shape index (κ1) is 12.1. The summed E-state index contributed by atoms with van der Waals surface area (Å²) in [7, 11) is 1.97. The summed E-state index contributed by atoms with van der Waals surface area (Å²) in [5.41, 5.74) is 2.32. The minimum atomic E-state index is 0.164. The van der Waals surface area contributed by atoms with Crippen LogP contribution in [-0.2, 0) is 24.8 Å². The van der Waals surface area contributed by atoms with Crippen molar-refractivity contribution in [2.24, 2.45) is 7.05 Å². The molecule has 1 unspecified atom stereocenters. The van der Waals surface area contributed by atoms with Gasteiger partial charge in [-0.1, -0.05) is 6.92 Å². The molecule has 2 N–H and O–H groups in total. The van der Waals surface area contributed by atoms with Gasteiger partial charge in [0.2, 0.25) is 5.91 Å². The second-order valence-electron chi connectivity index (χ2n) is 4.52. The van der Waals surface area contributed by atoms with Crippen LogP contribution in [0.5, 0.6) is 0 Å². The minimum Gasteiger partial charge on any atom is -0.355 e. The first-order valence-electron chi connectivity index (χ1n) is 6.21. The largest absolute Gasteiger partial charge is 0.355 e. The maximum absolute atomic E-state index is 11.0. The summed E-state index contributed by atoms with van der Waals surface area (Å²) >= 11 is 0. The monoisotopic (exact) mass is 236 g/mol. The quantitative estimate of drug-likeness (QED) is 0.793. The Morgan fingerprint density at radius 3 is 3.06 bits per heavy atom. The molecule has 0 spiro atoms. The second-order valence-corrected chi connectivity index (χ2v) is 4.52. The Morgan fingerprint density at radius 1 is 1.65 bits per heavy atom. The Balaban J connectivity index is 1.84. The van der Waals surface area contributed by atoms with Crippen LogP contribution in [0.25, 0.3) is 0 Å². The summed E-state index contributed by atoms with van der Waals surface area (Å²) in [5, 5.41) is 10.7. The molecule has 2 heterocycles. The summed E-state index contributed by atoms with van der Waals surface area (Å²) in [6, 6.07) is 2.52. The van der Waals surface area contributed by atoms with E-state index in [-0.39, 0.29) is 5.91 Å². The van der Waals surface area contributed by atoms with E-state index < -0.39 is 0 Å². The fraction of sp³-hybridized carbons (Fsp3) is 0.667. The molecule has 5 nitrogen and oxygen atoms in total. The van der Waals surface area contributed by atoms with Gasteiger partial charge in [-0.2, -0.15) is 5.10 Å². The lowest BCUT2D eigenvalue weighted by Crippen LogP contribution is -2.45. The van der Waals surface area contributed by atoms with Crippen LogP contribution in [0.1, 0.15) is 31.2 Å². The van der Waals surface area contributed by atoms with E-state index >= 15 is 0 Å². The van der Waals surface area contributed by atoms with Crippen LogP contribution >= 0.6 is 0 Å². The van der Waals surface area contributed by atoms with Crippen molar-refractivity contribution < 1.29 is 4.79 Å². The van der Waals surface area contributed by atoms with Crippen molar-refractivity contribution in [1.82, 2.24) is 20.4 Å². The number of hydrogen-bond acceptors (Lipinski definition) is 3. The number of rotatable bonds is 4. The number of carbonyl (C=O) groups is 1. The summed E-state index contributed by atoms with van der Waals surface area (Å²) in [5.74, 6) is 0.164. The molecule has 1 fully saturated rings. The summed E-state index contributed by atoms with van der Waals surface area (Å²) in [4.78, 5) is 11.0. The zero-order chi connectivity index (χ0) is 12.3. The minimum absolute atomic E-state index is 0.164. The molecule has 1 amide bonds. The predicted octanol–water partition coefficient (Wildman–Crippen LogP) is 0.351. The molecule has 1 aliphatic rings. The molecule has 5 heteroatoms. The van der Waals surface area contributed by atoms with Crippen molar-refractivity contribution in [3.63, 3.8) is 0 Å². The molecule has 0 aliphatic carbocycles. The Hall–Kier alpha value is -1.36. The van der Waals surface area contributed by atoms with Crippen LogP contribution in [0, 0.1) is 0 Å². The second kappa shape index (κ2) is 5.31. The lowest BCUT2D eigenvalue weighted by atomic mass is 10.1. The van der Waals surface area contributed by atoms with Gasteiger partial charge in [0, 0.05) is 32.6 Å². The third-order valence-corrected chi connectivity index (χ3v) is 3.23. The highest BCUT2D eigenvalue weighted by Gasteiger charge is 2.17. The van der Waals surface area contributed by atoms with Crippen LogP contribution in [0.15, 0.2) is 6.07 Å². The number of aryl methyl sites for hydroxylation is 2. The molecule has 1 atom stereocenters. The number of nitrogens with zero attached hydrogens (tertiary/aromatic N) is 2. The molecule has 17 heavy (non-hydrogen) atoms. The van der Waals surface area contributed by atoms with E-state index in [2.05, 4.69) is 28.7 Å². The van der Waals surface area contributed by atoms with Gasteiger partial charge in [-0.15, -0.1) is 0 Å². The Morgan fingerprint density at radius 2 is 2.47 bits per heavy atom. The zero-order valence-electron chi connectivity index (χ0n) is 10.5. The van der Waals surface area contributed by atoms with E-state index in [1.165, 1.54) is 5.69 Å². The van der Waals surface area contributed by atoms with Crippen LogP contribution in [0.4, 0.5) is 0 Å². The average Bonchev–Trinajstić information content (AvgIpc) is 2.69. The van der Waals surface area contributed by atoms with Crippen molar-refractivity contribution in [3.8, 4) is 0 Å². The van der Waals surface area contributed by atoms with Crippen LogP contribution < -0.4 is 10.6 Å². The summed E-state index contributed by atoms with van der Waals surface area (Å²) in [6.45, 7) is 3.65. The maximum atomic E-state index is 11.0. The van der Waals surface area contributed by atoms with E-state index in [0.717, 1.165) is 31.6 Å². The molecule has 0 radical (unpaired) electrons. The first-order chi connectivity index (χ1) is 8.19. The lowest BCUT2D eigenvalue weighted by Gasteiger charge is -2.23. The van der Waals surface area contributed by atoms with Crippen LogP contribution in [0.2, 0.25) is 0 Å². The Bertz CT molecular complexity index is 389. The SMILES string of the molecule is CCc1cc(CNC2CCC(=O)NC2)n(C)n1. The topological polar surface area (TPSA) is 59.0 Å². The van der Waals surface area contributed by atoms with Crippen molar-refractivity contribution in [1.29, 1.82) is 0 Å². The highest BCUT2D eigenvalue weighted by molar-refractivity contribution is 5.76. The molecule has 1 aromatic rings. The normalized spacial score (nSPS) is 20.4. The lowest BCUT2D eigenvalue weighted by molar-refractivity contribution is -0.122. The smallest absolute Gasteiger partial charge is 0.220 e. The van der Waals surface area contributed by atoms with Gasteiger partial charge in [-0.25, -0.2) is 0 Å². The molecule has 94 valence electrons. The number of aromatic nitrogens is 2. The van der Waals surface area contributed by atoms with E-state index in [1.807, 2.05) is 11.7 Å². The fourth-order valence-electron chi connectivity index (χ4n) is 2.07. The molecule has 2 rings (SSSR count). The molecule has 1 aromatic heterocycles. The van der Waals surface area contributed by atoms with E-state index in [0.29, 0.717) is 12.5 Å². The summed E-state index contributed by atoms with van der Waals surface area (Å²) in [6.07, 6.45) is 2.51. The van der Waals surface area contributed by atoms with Gasteiger partial charge in [0.15, 0.2) is 0 Å². The Labute approximate surface area is 102 Å². The van der Waals surface area contributed by atoms with Gasteiger partial charge in [0.1, 0.15) is 0 Å². The third kappa shape index (κ3) is 3.06. The van der Waals surface area contributed by atoms with E-state index in [1.54, 1.807) is 0 Å². The van der Waals surface area contributed by atoms with Gasteiger partial charge in [0.05, 0.1) is 11.4 Å². The maximum Gasteiger partial charge on any atom is 0.220 e. The van der Waals surface area contributed by atoms with Crippen LogP contribution in [-0.4, -0.2) is 28.3 Å². The first-order valence-corrected chi connectivity index (χ1v) is 6.21. The average molecular weight is 236 g/mol. The third-order valence-electron chi connectivity index (χ3n) is 3.23. The highest BCUT2D eigenvalue weighted by atomic mass is 16.1. The van der Waals surface area contributed by atoms with Crippen molar-refractivity contribution in [2.75, 3.05) is 6.54 Å². The van der Waals surface area contributed by atoms with Gasteiger partial charge in [-0.3, -0.25) is 9.48 Å². The highest BCUT2D eigenvalue weighted by Crippen LogP contribution is 2.06. The molecule has 1 saturated heterocycles. The number of amides is 1. The van der Waals surface area contributed by atoms with Gasteiger partial charge in [0.25, 0.3) is 0 Å².